The molecule has 2 rings (SSSR count). The van der Waals surface area contributed by atoms with Crippen molar-refractivity contribution >= 4 is 27.5 Å². The normalized spacial score (nSPS) is 30.7. The molecule has 0 aliphatic heterocycles. The van der Waals surface area contributed by atoms with Gasteiger partial charge in [0.15, 0.2) is 0 Å². The fraction of sp³-hybridized carbons (Fsp3) is 0.538. The lowest BCUT2D eigenvalue weighted by Gasteiger charge is -2.17. The van der Waals surface area contributed by atoms with E-state index in [1.54, 1.807) is 0 Å². The number of rotatable bonds is 2. The molecule has 1 aromatic carbocycles. The third-order valence-corrected chi connectivity index (χ3v) is 5.23. The zero-order valence-corrected chi connectivity index (χ0v) is 11.3. The lowest BCUT2D eigenvalue weighted by atomic mass is 9.91. The predicted molar refractivity (Wildman–Crippen MR) is 69.8 cm³/mol. The maximum absolute atomic E-state index is 6.18. The Balaban J connectivity index is 2.07. The third kappa shape index (κ3) is 2.57. The summed E-state index contributed by atoms with van der Waals surface area (Å²) < 4.78 is 0. The van der Waals surface area contributed by atoms with Gasteiger partial charge in [-0.05, 0) is 42.7 Å². The van der Waals surface area contributed by atoms with E-state index < -0.39 is 0 Å². The van der Waals surface area contributed by atoms with Crippen molar-refractivity contribution in [1.29, 1.82) is 0 Å². The molecule has 82 valence electrons. The van der Waals surface area contributed by atoms with Crippen LogP contribution >= 0.6 is 27.5 Å². The van der Waals surface area contributed by atoms with E-state index >= 15 is 0 Å². The topological polar surface area (TPSA) is 0 Å². The number of hydrogen-bond donors (Lipinski definition) is 0. The number of hydrogen-bond acceptors (Lipinski definition) is 0. The van der Waals surface area contributed by atoms with Gasteiger partial charge in [-0.3, -0.25) is 0 Å². The largest absolute Gasteiger partial charge is 0.0888 e. The highest BCUT2D eigenvalue weighted by Gasteiger charge is 2.31. The smallest absolute Gasteiger partial charge is 0.0438 e. The van der Waals surface area contributed by atoms with Crippen molar-refractivity contribution in [3.8, 4) is 0 Å². The highest BCUT2D eigenvalue weighted by Crippen LogP contribution is 2.39. The van der Waals surface area contributed by atoms with Crippen LogP contribution in [0.3, 0.4) is 0 Å². The molecule has 0 bridgehead atoms. The summed E-state index contributed by atoms with van der Waals surface area (Å²) in [5.74, 6) is 1.55. The molecule has 2 heteroatoms. The van der Waals surface area contributed by atoms with Crippen molar-refractivity contribution in [3.05, 3.63) is 34.9 Å². The van der Waals surface area contributed by atoms with E-state index in [4.69, 9.17) is 11.6 Å². The van der Waals surface area contributed by atoms with E-state index in [2.05, 4.69) is 35.0 Å². The van der Waals surface area contributed by atoms with Crippen LogP contribution in [0, 0.1) is 11.8 Å². The first kappa shape index (κ1) is 11.5. The molecule has 1 saturated carbocycles. The second kappa shape index (κ2) is 4.88. The average Bonchev–Trinajstić information content (AvgIpc) is 2.53. The summed E-state index contributed by atoms with van der Waals surface area (Å²) in [5.41, 5.74) is 1.30. The van der Waals surface area contributed by atoms with Crippen molar-refractivity contribution in [2.24, 2.45) is 11.8 Å². The summed E-state index contributed by atoms with van der Waals surface area (Å²) in [6, 6.07) is 8.21. The zero-order chi connectivity index (χ0) is 10.8. The van der Waals surface area contributed by atoms with E-state index in [1.807, 2.05) is 12.1 Å². The fourth-order valence-electron chi connectivity index (χ4n) is 2.43. The van der Waals surface area contributed by atoms with Gasteiger partial charge in [0.25, 0.3) is 0 Å². The molecule has 15 heavy (non-hydrogen) atoms. The zero-order valence-electron chi connectivity index (χ0n) is 8.92. The summed E-state index contributed by atoms with van der Waals surface area (Å²) in [6.45, 7) is 2.34. The van der Waals surface area contributed by atoms with Crippen LogP contribution in [0.2, 0.25) is 5.02 Å². The minimum atomic E-state index is 0.699. The molecular weight excluding hydrogens is 272 g/mol. The Morgan fingerprint density at radius 1 is 1.33 bits per heavy atom. The summed E-state index contributed by atoms with van der Waals surface area (Å²) in [7, 11) is 0. The minimum absolute atomic E-state index is 0.699. The highest BCUT2D eigenvalue weighted by atomic mass is 79.9. The van der Waals surface area contributed by atoms with Gasteiger partial charge in [-0.2, -0.15) is 0 Å². The molecular formula is C13H16BrCl. The Morgan fingerprint density at radius 2 is 2.07 bits per heavy atom. The van der Waals surface area contributed by atoms with Crippen LogP contribution in [-0.2, 0) is 6.42 Å². The SMILES string of the molecule is CC1C(Br)CCC1Cc1ccccc1Cl. The van der Waals surface area contributed by atoms with E-state index in [0.29, 0.717) is 4.83 Å². The molecule has 3 unspecified atom stereocenters. The molecule has 0 radical (unpaired) electrons. The first-order valence-electron chi connectivity index (χ1n) is 5.56. The Kier molecular flexibility index (Phi) is 3.73. The van der Waals surface area contributed by atoms with Crippen molar-refractivity contribution in [1.82, 2.24) is 0 Å². The van der Waals surface area contributed by atoms with Crippen molar-refractivity contribution in [3.63, 3.8) is 0 Å². The van der Waals surface area contributed by atoms with Gasteiger partial charge in [0.2, 0.25) is 0 Å². The molecule has 1 aliphatic rings. The Hall–Kier alpha value is -0.0100. The number of halogens is 2. The molecule has 0 amide bonds. The monoisotopic (exact) mass is 286 g/mol. The molecule has 0 heterocycles. The van der Waals surface area contributed by atoms with E-state index in [-0.39, 0.29) is 0 Å². The molecule has 0 N–H and O–H groups in total. The molecule has 0 nitrogen and oxygen atoms in total. The second-order valence-corrected chi connectivity index (χ2v) is 6.09. The first-order chi connectivity index (χ1) is 7.18. The Bertz CT molecular complexity index is 337. The summed E-state index contributed by atoms with van der Waals surface area (Å²) in [4.78, 5) is 0.699. The van der Waals surface area contributed by atoms with E-state index in [1.165, 1.54) is 18.4 Å². The Morgan fingerprint density at radius 3 is 2.67 bits per heavy atom. The average molecular weight is 288 g/mol. The van der Waals surface area contributed by atoms with Crippen LogP contribution in [0.1, 0.15) is 25.3 Å². The van der Waals surface area contributed by atoms with Gasteiger partial charge in [-0.15, -0.1) is 0 Å². The maximum Gasteiger partial charge on any atom is 0.0438 e. The van der Waals surface area contributed by atoms with Crippen LogP contribution in [-0.4, -0.2) is 4.83 Å². The van der Waals surface area contributed by atoms with Gasteiger partial charge in [-0.1, -0.05) is 52.7 Å². The summed E-state index contributed by atoms with van der Waals surface area (Å²) >= 11 is 9.92. The molecule has 0 saturated heterocycles. The maximum atomic E-state index is 6.18. The fourth-order valence-corrected chi connectivity index (χ4v) is 3.34. The van der Waals surface area contributed by atoms with Crippen molar-refractivity contribution in [2.75, 3.05) is 0 Å². The molecule has 0 aromatic heterocycles. The quantitative estimate of drug-likeness (QED) is 0.692. The molecule has 1 aromatic rings. The van der Waals surface area contributed by atoms with Crippen LogP contribution in [0.25, 0.3) is 0 Å². The van der Waals surface area contributed by atoms with Gasteiger partial charge in [0.05, 0.1) is 0 Å². The van der Waals surface area contributed by atoms with Gasteiger partial charge in [0, 0.05) is 9.85 Å². The van der Waals surface area contributed by atoms with Gasteiger partial charge in [-0.25, -0.2) is 0 Å². The third-order valence-electron chi connectivity index (χ3n) is 3.57. The number of benzene rings is 1. The van der Waals surface area contributed by atoms with Crippen LogP contribution in [0.4, 0.5) is 0 Å². The van der Waals surface area contributed by atoms with Crippen molar-refractivity contribution in [2.45, 2.75) is 31.0 Å². The van der Waals surface area contributed by atoms with Gasteiger partial charge < -0.3 is 0 Å². The summed E-state index contributed by atoms with van der Waals surface area (Å²) in [5, 5.41) is 0.919. The van der Waals surface area contributed by atoms with Crippen LogP contribution in [0.5, 0.6) is 0 Å². The molecule has 0 spiro atoms. The number of alkyl halides is 1. The van der Waals surface area contributed by atoms with Gasteiger partial charge in [0.1, 0.15) is 0 Å². The van der Waals surface area contributed by atoms with Crippen molar-refractivity contribution < 1.29 is 0 Å². The standard InChI is InChI=1S/C13H16BrCl/c1-9-10(6-7-12(9)14)8-11-4-2-3-5-13(11)15/h2-5,9-10,12H,6-8H2,1H3. The summed E-state index contributed by atoms with van der Waals surface area (Å²) in [6.07, 6.45) is 3.75. The highest BCUT2D eigenvalue weighted by molar-refractivity contribution is 9.09. The van der Waals surface area contributed by atoms with Crippen LogP contribution in [0.15, 0.2) is 24.3 Å². The predicted octanol–water partition coefficient (Wildman–Crippen LogP) is 4.69. The minimum Gasteiger partial charge on any atom is -0.0888 e. The molecule has 1 fully saturated rings. The first-order valence-corrected chi connectivity index (χ1v) is 6.85. The second-order valence-electron chi connectivity index (χ2n) is 4.51. The molecule has 1 aliphatic carbocycles. The lowest BCUT2D eigenvalue weighted by molar-refractivity contribution is 0.423. The lowest BCUT2D eigenvalue weighted by Crippen LogP contribution is -2.13. The van der Waals surface area contributed by atoms with E-state index in [0.717, 1.165) is 23.3 Å². The Labute approximate surface area is 105 Å². The van der Waals surface area contributed by atoms with Crippen LogP contribution < -0.4 is 0 Å². The van der Waals surface area contributed by atoms with Gasteiger partial charge >= 0.3 is 0 Å². The molecule has 3 atom stereocenters. The van der Waals surface area contributed by atoms with E-state index in [9.17, 15) is 0 Å².